The molecule has 13 heavy (non-hydrogen) atoms. The number of hydrogen-bond donors (Lipinski definition) is 1. The minimum atomic E-state index is -0.569. The van der Waals surface area contributed by atoms with Gasteiger partial charge in [-0.2, -0.15) is 5.26 Å². The fourth-order valence-corrected chi connectivity index (χ4v) is 0.916. The van der Waals surface area contributed by atoms with Gasteiger partial charge in [0.1, 0.15) is 5.92 Å². The minimum absolute atomic E-state index is 0.224. The Labute approximate surface area is 83.4 Å². The SMILES string of the molecule is C=C(Cl)CNC(=O)C(C#N)CCC. The molecule has 1 atom stereocenters. The minimum Gasteiger partial charge on any atom is -0.350 e. The molecule has 4 heteroatoms. The molecule has 0 aromatic heterocycles. The van der Waals surface area contributed by atoms with Crippen LogP contribution >= 0.6 is 11.6 Å². The first-order valence-corrected chi connectivity index (χ1v) is 4.50. The van der Waals surface area contributed by atoms with E-state index in [4.69, 9.17) is 16.9 Å². The van der Waals surface area contributed by atoms with E-state index in [1.165, 1.54) is 0 Å². The van der Waals surface area contributed by atoms with Crippen LogP contribution in [0, 0.1) is 17.2 Å². The Morgan fingerprint density at radius 2 is 2.38 bits per heavy atom. The number of nitriles is 1. The molecule has 1 N–H and O–H groups in total. The standard InChI is InChI=1S/C9H13ClN2O/c1-3-4-8(5-11)9(13)12-6-7(2)10/h8H,2-4,6H2,1H3,(H,12,13). The van der Waals surface area contributed by atoms with E-state index in [1.807, 2.05) is 13.0 Å². The van der Waals surface area contributed by atoms with Gasteiger partial charge in [-0.3, -0.25) is 4.79 Å². The van der Waals surface area contributed by atoms with Gasteiger partial charge in [-0.1, -0.05) is 31.5 Å². The number of nitrogens with one attached hydrogen (secondary N) is 1. The number of rotatable bonds is 5. The molecule has 0 fully saturated rings. The van der Waals surface area contributed by atoms with Crippen molar-refractivity contribution >= 4 is 17.5 Å². The first-order valence-electron chi connectivity index (χ1n) is 4.12. The Bertz CT molecular complexity index is 232. The lowest BCUT2D eigenvalue weighted by Crippen LogP contribution is -2.30. The molecular formula is C9H13ClN2O. The van der Waals surface area contributed by atoms with Gasteiger partial charge in [-0.15, -0.1) is 0 Å². The van der Waals surface area contributed by atoms with Gasteiger partial charge in [0.05, 0.1) is 12.6 Å². The number of carbonyl (C=O) groups is 1. The van der Waals surface area contributed by atoms with E-state index in [9.17, 15) is 4.79 Å². The third-order valence-corrected chi connectivity index (χ3v) is 1.64. The molecule has 0 saturated carbocycles. The predicted octanol–water partition coefficient (Wildman–Crippen LogP) is 1.79. The Morgan fingerprint density at radius 1 is 1.77 bits per heavy atom. The average molecular weight is 201 g/mol. The molecule has 0 aliphatic heterocycles. The second-order valence-corrected chi connectivity index (χ2v) is 3.24. The summed E-state index contributed by atoms with van der Waals surface area (Å²) in [7, 11) is 0. The Kier molecular flexibility index (Phi) is 5.99. The maximum absolute atomic E-state index is 11.2. The summed E-state index contributed by atoms with van der Waals surface area (Å²) in [6.07, 6.45) is 1.39. The summed E-state index contributed by atoms with van der Waals surface area (Å²) in [5.41, 5.74) is 0. The molecule has 3 nitrogen and oxygen atoms in total. The number of amides is 1. The highest BCUT2D eigenvalue weighted by atomic mass is 35.5. The number of carbonyl (C=O) groups excluding carboxylic acids is 1. The van der Waals surface area contributed by atoms with Gasteiger partial charge in [0, 0.05) is 5.03 Å². The Morgan fingerprint density at radius 3 is 2.77 bits per heavy atom. The van der Waals surface area contributed by atoms with Crippen LogP contribution in [-0.2, 0) is 4.79 Å². The lowest BCUT2D eigenvalue weighted by Gasteiger charge is -2.07. The summed E-state index contributed by atoms with van der Waals surface area (Å²) in [5, 5.41) is 11.5. The molecule has 0 aliphatic rings. The van der Waals surface area contributed by atoms with Gasteiger partial charge in [-0.25, -0.2) is 0 Å². The zero-order valence-corrected chi connectivity index (χ0v) is 8.40. The smallest absolute Gasteiger partial charge is 0.237 e. The normalized spacial score (nSPS) is 11.5. The molecule has 0 heterocycles. The van der Waals surface area contributed by atoms with E-state index in [2.05, 4.69) is 11.9 Å². The van der Waals surface area contributed by atoms with Crippen LogP contribution in [0.25, 0.3) is 0 Å². The summed E-state index contributed by atoms with van der Waals surface area (Å²) in [6, 6.07) is 1.94. The largest absolute Gasteiger partial charge is 0.350 e. The van der Waals surface area contributed by atoms with Crippen LogP contribution in [-0.4, -0.2) is 12.5 Å². The highest BCUT2D eigenvalue weighted by Gasteiger charge is 2.15. The maximum Gasteiger partial charge on any atom is 0.237 e. The van der Waals surface area contributed by atoms with Crippen LogP contribution in [0.4, 0.5) is 0 Å². The summed E-state index contributed by atoms with van der Waals surface area (Å²) in [4.78, 5) is 11.2. The zero-order valence-electron chi connectivity index (χ0n) is 7.64. The van der Waals surface area contributed by atoms with E-state index in [1.54, 1.807) is 0 Å². The summed E-state index contributed by atoms with van der Waals surface area (Å²) >= 11 is 5.45. The second-order valence-electron chi connectivity index (χ2n) is 2.71. The van der Waals surface area contributed by atoms with Crippen LogP contribution in [0.1, 0.15) is 19.8 Å². The van der Waals surface area contributed by atoms with Crippen LogP contribution in [0.3, 0.4) is 0 Å². The number of hydrogen-bond acceptors (Lipinski definition) is 2. The molecule has 0 bridgehead atoms. The molecule has 72 valence electrons. The average Bonchev–Trinajstić information content (AvgIpc) is 2.10. The topological polar surface area (TPSA) is 52.9 Å². The fourth-order valence-electron chi connectivity index (χ4n) is 0.849. The van der Waals surface area contributed by atoms with Gasteiger partial charge in [0.25, 0.3) is 0 Å². The monoisotopic (exact) mass is 200 g/mol. The van der Waals surface area contributed by atoms with E-state index < -0.39 is 5.92 Å². The van der Waals surface area contributed by atoms with Crippen molar-refractivity contribution in [3.8, 4) is 6.07 Å². The first kappa shape index (κ1) is 12.0. The Balaban J connectivity index is 3.93. The molecule has 0 spiro atoms. The molecule has 0 aliphatic carbocycles. The third-order valence-electron chi connectivity index (χ3n) is 1.50. The van der Waals surface area contributed by atoms with Crippen LogP contribution in [0.2, 0.25) is 0 Å². The number of halogens is 1. The zero-order chi connectivity index (χ0) is 10.3. The molecule has 0 aromatic carbocycles. The molecule has 0 rings (SSSR count). The molecule has 0 saturated heterocycles. The van der Waals surface area contributed by atoms with E-state index >= 15 is 0 Å². The van der Waals surface area contributed by atoms with Crippen molar-refractivity contribution in [2.24, 2.45) is 5.92 Å². The van der Waals surface area contributed by atoms with Crippen molar-refractivity contribution in [1.29, 1.82) is 5.26 Å². The molecule has 1 unspecified atom stereocenters. The lowest BCUT2D eigenvalue weighted by molar-refractivity contribution is -0.123. The highest BCUT2D eigenvalue weighted by molar-refractivity contribution is 6.29. The summed E-state index contributed by atoms with van der Waals surface area (Å²) in [5.74, 6) is -0.841. The molecular weight excluding hydrogens is 188 g/mol. The van der Waals surface area contributed by atoms with Crippen molar-refractivity contribution in [3.05, 3.63) is 11.6 Å². The van der Waals surface area contributed by atoms with Gasteiger partial charge >= 0.3 is 0 Å². The second kappa shape index (κ2) is 6.50. The maximum atomic E-state index is 11.2. The lowest BCUT2D eigenvalue weighted by atomic mass is 10.1. The molecule has 0 aromatic rings. The van der Waals surface area contributed by atoms with Crippen molar-refractivity contribution in [3.63, 3.8) is 0 Å². The predicted molar refractivity (Wildman–Crippen MR) is 52.0 cm³/mol. The first-order chi connectivity index (χ1) is 6.11. The van der Waals surface area contributed by atoms with Crippen molar-refractivity contribution in [2.75, 3.05) is 6.54 Å². The van der Waals surface area contributed by atoms with Gasteiger partial charge < -0.3 is 5.32 Å². The number of nitrogens with zero attached hydrogens (tertiary/aromatic N) is 1. The van der Waals surface area contributed by atoms with Crippen molar-refractivity contribution in [1.82, 2.24) is 5.32 Å². The van der Waals surface area contributed by atoms with E-state index in [-0.39, 0.29) is 12.5 Å². The van der Waals surface area contributed by atoms with Gasteiger partial charge in [0.2, 0.25) is 5.91 Å². The van der Waals surface area contributed by atoms with Gasteiger partial charge in [0.15, 0.2) is 0 Å². The van der Waals surface area contributed by atoms with Crippen LogP contribution in [0.15, 0.2) is 11.6 Å². The summed E-state index contributed by atoms with van der Waals surface area (Å²) in [6.45, 7) is 5.58. The van der Waals surface area contributed by atoms with E-state index in [0.717, 1.165) is 6.42 Å². The van der Waals surface area contributed by atoms with Crippen molar-refractivity contribution < 1.29 is 4.79 Å². The third kappa shape index (κ3) is 5.26. The van der Waals surface area contributed by atoms with E-state index in [0.29, 0.717) is 11.5 Å². The highest BCUT2D eigenvalue weighted by Crippen LogP contribution is 2.05. The Hall–Kier alpha value is -1.01. The van der Waals surface area contributed by atoms with Crippen LogP contribution in [0.5, 0.6) is 0 Å². The van der Waals surface area contributed by atoms with Crippen LogP contribution < -0.4 is 5.32 Å². The molecule has 0 radical (unpaired) electrons. The van der Waals surface area contributed by atoms with Crippen molar-refractivity contribution in [2.45, 2.75) is 19.8 Å². The fraction of sp³-hybridized carbons (Fsp3) is 0.556. The summed E-state index contributed by atoms with van der Waals surface area (Å²) < 4.78 is 0. The van der Waals surface area contributed by atoms with Gasteiger partial charge in [-0.05, 0) is 6.42 Å². The quantitative estimate of drug-likeness (QED) is 0.736. The molecule has 1 amide bonds.